The molecule has 0 radical (unpaired) electrons. The summed E-state index contributed by atoms with van der Waals surface area (Å²) in [4.78, 5) is 6.76. The van der Waals surface area contributed by atoms with E-state index in [0.29, 0.717) is 34.2 Å². The number of hydrogen-bond donors (Lipinski definition) is 0. The molecular weight excluding hydrogens is 459 g/mol. The van der Waals surface area contributed by atoms with Crippen LogP contribution < -0.4 is 4.74 Å². The number of fused-ring (bicyclic) bond motifs is 1. The predicted octanol–water partition coefficient (Wildman–Crippen LogP) is 7.35. The molecule has 33 heavy (non-hydrogen) atoms. The number of halogens is 2. The van der Waals surface area contributed by atoms with Crippen LogP contribution in [0.5, 0.6) is 5.75 Å². The predicted molar refractivity (Wildman–Crippen MR) is 131 cm³/mol. The Morgan fingerprint density at radius 1 is 1.06 bits per heavy atom. The van der Waals surface area contributed by atoms with Gasteiger partial charge in [-0.1, -0.05) is 35.3 Å². The third-order valence-corrected chi connectivity index (χ3v) is 6.97. The Morgan fingerprint density at radius 3 is 2.67 bits per heavy atom. The van der Waals surface area contributed by atoms with Crippen molar-refractivity contribution in [1.82, 2.24) is 9.88 Å². The lowest BCUT2D eigenvalue weighted by molar-refractivity contribution is 0.193. The minimum atomic E-state index is 0.485. The second-order valence-electron chi connectivity index (χ2n) is 8.55. The fourth-order valence-corrected chi connectivity index (χ4v) is 4.77. The summed E-state index contributed by atoms with van der Waals surface area (Å²) in [6, 6.07) is 13.8. The van der Waals surface area contributed by atoms with E-state index in [9.17, 15) is 0 Å². The summed E-state index contributed by atoms with van der Waals surface area (Å²) in [5, 5.41) is 2.20. The summed E-state index contributed by atoms with van der Waals surface area (Å²) in [5.41, 5.74) is 2.06. The van der Waals surface area contributed by atoms with Crippen LogP contribution in [0.3, 0.4) is 0 Å². The highest BCUT2D eigenvalue weighted by molar-refractivity contribution is 6.42. The lowest BCUT2D eigenvalue weighted by Gasteiger charge is -2.32. The maximum atomic E-state index is 6.20. The Morgan fingerprint density at radius 2 is 1.91 bits per heavy atom. The standard InChI is InChI=1S/C26H26Cl2N2O3/c1-17-16-29-26(32-17)25-15-20-23(4-2-5-24(20)33-25)31-13-3-10-30-11-8-18(9-12-30)19-6-7-21(27)22(28)14-19/h2,4-7,14-16,18H,3,8-13H2,1H3. The number of furan rings is 1. The number of nitrogens with zero attached hydrogens (tertiary/aromatic N) is 2. The van der Waals surface area contributed by atoms with Gasteiger partial charge in [-0.05, 0) is 75.0 Å². The van der Waals surface area contributed by atoms with Crippen LogP contribution in [0.4, 0.5) is 0 Å². The van der Waals surface area contributed by atoms with E-state index in [-0.39, 0.29) is 0 Å². The van der Waals surface area contributed by atoms with Crippen LogP contribution in [0.15, 0.2) is 57.5 Å². The summed E-state index contributed by atoms with van der Waals surface area (Å²) in [6.07, 6.45) is 4.93. The highest BCUT2D eigenvalue weighted by atomic mass is 35.5. The molecule has 172 valence electrons. The quantitative estimate of drug-likeness (QED) is 0.256. The SMILES string of the molecule is Cc1cnc(-c2cc3c(OCCCN4CCC(c5ccc(Cl)c(Cl)c5)CC4)cccc3o2)o1. The van der Waals surface area contributed by atoms with E-state index in [1.54, 1.807) is 6.20 Å². The molecule has 0 bridgehead atoms. The molecule has 0 unspecified atom stereocenters. The van der Waals surface area contributed by atoms with Gasteiger partial charge in [0, 0.05) is 12.6 Å². The van der Waals surface area contributed by atoms with Crippen molar-refractivity contribution < 1.29 is 13.6 Å². The van der Waals surface area contributed by atoms with E-state index < -0.39 is 0 Å². The third-order valence-electron chi connectivity index (χ3n) is 6.23. The average Bonchev–Trinajstić information content (AvgIpc) is 3.45. The van der Waals surface area contributed by atoms with Crippen molar-refractivity contribution in [3.63, 3.8) is 0 Å². The van der Waals surface area contributed by atoms with Gasteiger partial charge in [0.2, 0.25) is 0 Å². The van der Waals surface area contributed by atoms with Crippen LogP contribution in [0.2, 0.25) is 10.0 Å². The number of ether oxygens (including phenoxy) is 1. The van der Waals surface area contributed by atoms with E-state index in [1.807, 2.05) is 43.3 Å². The van der Waals surface area contributed by atoms with Gasteiger partial charge in [0.15, 0.2) is 5.76 Å². The zero-order chi connectivity index (χ0) is 22.8. The number of rotatable bonds is 7. The van der Waals surface area contributed by atoms with Gasteiger partial charge < -0.3 is 18.5 Å². The van der Waals surface area contributed by atoms with Gasteiger partial charge in [-0.3, -0.25) is 0 Å². The number of aryl methyl sites for hydroxylation is 1. The number of aromatic nitrogens is 1. The van der Waals surface area contributed by atoms with Crippen molar-refractivity contribution in [2.24, 2.45) is 0 Å². The monoisotopic (exact) mass is 484 g/mol. The van der Waals surface area contributed by atoms with E-state index in [2.05, 4.69) is 16.0 Å². The van der Waals surface area contributed by atoms with Gasteiger partial charge in [0.1, 0.15) is 17.1 Å². The maximum Gasteiger partial charge on any atom is 0.263 e. The summed E-state index contributed by atoms with van der Waals surface area (Å²) in [7, 11) is 0. The van der Waals surface area contributed by atoms with Gasteiger partial charge in [-0.15, -0.1) is 0 Å². The van der Waals surface area contributed by atoms with Gasteiger partial charge in [-0.25, -0.2) is 4.98 Å². The summed E-state index contributed by atoms with van der Waals surface area (Å²) < 4.78 is 17.6. The normalized spacial score (nSPS) is 15.4. The summed E-state index contributed by atoms with van der Waals surface area (Å²) in [5.74, 6) is 3.22. The lowest BCUT2D eigenvalue weighted by atomic mass is 9.89. The fraction of sp³-hybridized carbons (Fsp3) is 0.346. The minimum Gasteiger partial charge on any atom is -0.493 e. The molecule has 2 aromatic heterocycles. The number of piperidine rings is 1. The molecule has 1 saturated heterocycles. The van der Waals surface area contributed by atoms with Crippen LogP contribution in [-0.4, -0.2) is 36.1 Å². The van der Waals surface area contributed by atoms with E-state index in [1.165, 1.54) is 5.56 Å². The molecule has 0 atom stereocenters. The zero-order valence-electron chi connectivity index (χ0n) is 18.5. The smallest absolute Gasteiger partial charge is 0.263 e. The van der Waals surface area contributed by atoms with Crippen LogP contribution in [0.25, 0.3) is 22.6 Å². The van der Waals surface area contributed by atoms with Crippen molar-refractivity contribution in [3.05, 3.63) is 70.0 Å². The number of likely N-dealkylation sites (tertiary alicyclic amines) is 1. The molecular formula is C26H26Cl2N2O3. The number of benzene rings is 2. The molecule has 0 saturated carbocycles. The fourth-order valence-electron chi connectivity index (χ4n) is 4.46. The van der Waals surface area contributed by atoms with E-state index in [4.69, 9.17) is 36.8 Å². The first kappa shape index (κ1) is 22.3. The topological polar surface area (TPSA) is 51.6 Å². The molecule has 4 aromatic rings. The number of hydrogen-bond acceptors (Lipinski definition) is 5. The number of oxazole rings is 1. The average molecular weight is 485 g/mol. The van der Waals surface area contributed by atoms with Crippen molar-refractivity contribution in [3.8, 4) is 17.4 Å². The zero-order valence-corrected chi connectivity index (χ0v) is 20.0. The Balaban J connectivity index is 1.12. The highest BCUT2D eigenvalue weighted by Gasteiger charge is 2.21. The molecule has 7 heteroatoms. The molecule has 1 fully saturated rings. The Bertz CT molecular complexity index is 1240. The molecule has 1 aliphatic rings. The first-order valence-electron chi connectivity index (χ1n) is 11.3. The maximum absolute atomic E-state index is 6.20. The van der Waals surface area contributed by atoms with Gasteiger partial charge in [0.25, 0.3) is 5.89 Å². The van der Waals surface area contributed by atoms with Crippen molar-refractivity contribution in [1.29, 1.82) is 0 Å². The Kier molecular flexibility index (Phi) is 6.63. The van der Waals surface area contributed by atoms with Crippen LogP contribution in [0, 0.1) is 6.92 Å². The molecule has 5 nitrogen and oxygen atoms in total. The van der Waals surface area contributed by atoms with E-state index in [0.717, 1.165) is 61.4 Å². The minimum absolute atomic E-state index is 0.485. The summed E-state index contributed by atoms with van der Waals surface area (Å²) in [6.45, 7) is 5.71. The molecule has 3 heterocycles. The van der Waals surface area contributed by atoms with Crippen molar-refractivity contribution >= 4 is 34.2 Å². The molecule has 5 rings (SSSR count). The molecule has 0 amide bonds. The van der Waals surface area contributed by atoms with Crippen LogP contribution in [0.1, 0.15) is 36.5 Å². The van der Waals surface area contributed by atoms with Crippen molar-refractivity contribution in [2.75, 3.05) is 26.2 Å². The van der Waals surface area contributed by atoms with Crippen molar-refractivity contribution in [2.45, 2.75) is 32.1 Å². The van der Waals surface area contributed by atoms with Gasteiger partial charge >= 0.3 is 0 Å². The van der Waals surface area contributed by atoms with Crippen LogP contribution in [-0.2, 0) is 0 Å². The van der Waals surface area contributed by atoms with Crippen LogP contribution >= 0.6 is 23.2 Å². The first-order chi connectivity index (χ1) is 16.1. The first-order valence-corrected chi connectivity index (χ1v) is 12.1. The molecule has 0 N–H and O–H groups in total. The largest absolute Gasteiger partial charge is 0.493 e. The van der Waals surface area contributed by atoms with Gasteiger partial charge in [0.05, 0.1) is 28.2 Å². The second kappa shape index (κ2) is 9.80. The highest BCUT2D eigenvalue weighted by Crippen LogP contribution is 2.34. The van der Waals surface area contributed by atoms with E-state index >= 15 is 0 Å². The Labute approximate surface area is 203 Å². The molecule has 2 aromatic carbocycles. The molecule has 1 aliphatic heterocycles. The molecule has 0 spiro atoms. The van der Waals surface area contributed by atoms with Gasteiger partial charge in [-0.2, -0.15) is 0 Å². The lowest BCUT2D eigenvalue weighted by Crippen LogP contribution is -2.34. The Hall–Kier alpha value is -2.47. The molecule has 0 aliphatic carbocycles. The summed E-state index contributed by atoms with van der Waals surface area (Å²) >= 11 is 12.3. The second-order valence-corrected chi connectivity index (χ2v) is 9.36. The third kappa shape index (κ3) is 5.06.